The van der Waals surface area contributed by atoms with E-state index < -0.39 is 63.8 Å². The number of anilines is 1. The second-order valence-electron chi connectivity index (χ2n) is 10.8. The van der Waals surface area contributed by atoms with Crippen LogP contribution in [0.25, 0.3) is 0 Å². The molecule has 0 unspecified atom stereocenters. The Morgan fingerprint density at radius 3 is 2.49 bits per heavy atom. The van der Waals surface area contributed by atoms with Crippen LogP contribution in [-0.4, -0.2) is 92.7 Å². The zero-order valence-electron chi connectivity index (χ0n) is 22.2. The Kier molecular flexibility index (Phi) is 7.69. The van der Waals surface area contributed by atoms with E-state index in [1.807, 2.05) is 13.8 Å². The first-order valence-corrected chi connectivity index (χ1v) is 13.1. The lowest BCUT2D eigenvalue weighted by molar-refractivity contribution is -0.148. The number of rotatable bonds is 8. The number of aromatic nitrogens is 1. The Balaban J connectivity index is 1.77. The summed E-state index contributed by atoms with van der Waals surface area (Å²) in [6, 6.07) is -0.747. The van der Waals surface area contributed by atoms with Crippen molar-refractivity contribution in [3.05, 3.63) is 38.9 Å². The SMILES string of the molecule is CC(C)NCCCNc1nc(Cl)c2c(c1O)C(=O)C1=C(O)[C@]3(O)C(=O)C(C(N)=O)=C(O)[C@@H](N(C)C)[C@@H]3C[C@@H]1C2. The molecule has 4 rings (SSSR count). The third-order valence-corrected chi connectivity index (χ3v) is 8.05. The molecule has 1 aromatic heterocycles. The van der Waals surface area contributed by atoms with Crippen LogP contribution in [0.2, 0.25) is 5.15 Å². The second-order valence-corrected chi connectivity index (χ2v) is 11.2. The highest BCUT2D eigenvalue weighted by atomic mass is 35.5. The molecule has 0 saturated carbocycles. The number of carbonyl (C=O) groups is 3. The number of pyridine rings is 1. The lowest BCUT2D eigenvalue weighted by Crippen LogP contribution is -2.63. The van der Waals surface area contributed by atoms with Crippen molar-refractivity contribution < 1.29 is 34.8 Å². The number of hydrogen-bond acceptors (Lipinski definition) is 11. The van der Waals surface area contributed by atoms with Gasteiger partial charge >= 0.3 is 0 Å². The fourth-order valence-corrected chi connectivity index (χ4v) is 6.23. The van der Waals surface area contributed by atoms with Gasteiger partial charge in [-0.3, -0.25) is 19.3 Å². The summed E-state index contributed by atoms with van der Waals surface area (Å²) in [5.74, 6) is -7.20. The minimum absolute atomic E-state index is 0.000897. The first kappa shape index (κ1) is 28.8. The van der Waals surface area contributed by atoms with Crippen LogP contribution in [0.15, 0.2) is 22.7 Å². The van der Waals surface area contributed by atoms with Crippen molar-refractivity contribution in [3.8, 4) is 5.75 Å². The molecule has 0 aromatic carbocycles. The molecule has 1 heterocycles. The number of likely N-dealkylation sites (N-methyl/N-ethyl adjacent to an activating group) is 1. The van der Waals surface area contributed by atoms with E-state index in [1.165, 1.54) is 4.90 Å². The van der Waals surface area contributed by atoms with Crippen LogP contribution in [0.5, 0.6) is 5.75 Å². The minimum Gasteiger partial charge on any atom is -0.510 e. The van der Waals surface area contributed by atoms with Crippen LogP contribution < -0.4 is 16.4 Å². The van der Waals surface area contributed by atoms with Crippen molar-refractivity contribution in [3.63, 3.8) is 0 Å². The van der Waals surface area contributed by atoms with E-state index in [4.69, 9.17) is 17.3 Å². The Labute approximate surface area is 230 Å². The third kappa shape index (κ3) is 4.54. The Hall–Kier alpha value is -3.19. The molecule has 3 aliphatic carbocycles. The van der Waals surface area contributed by atoms with E-state index in [9.17, 15) is 34.8 Å². The molecule has 12 nitrogen and oxygen atoms in total. The standard InChI is InChI=1S/C26H34ClN5O7/c1-10(2)29-6-5-7-30-25-20(35)15-12(23(27)31-25)8-11-9-13-17(32(3)4)19(34)16(24(28)38)22(37)26(13,39)21(36)14(11)18(15)33/h10-11,13,17,29,34-36,39H,5-9H2,1-4H3,(H2,28,38)(H,30,31)/t11-,13-,17-,26-/m0/s1. The summed E-state index contributed by atoms with van der Waals surface area (Å²) >= 11 is 6.46. The van der Waals surface area contributed by atoms with Gasteiger partial charge in [0.2, 0.25) is 5.78 Å². The summed E-state index contributed by atoms with van der Waals surface area (Å²) in [5, 5.41) is 51.0. The monoisotopic (exact) mass is 563 g/mol. The van der Waals surface area contributed by atoms with Crippen molar-refractivity contribution >= 4 is 34.9 Å². The van der Waals surface area contributed by atoms with Gasteiger partial charge in [-0.25, -0.2) is 4.98 Å². The number of nitrogens with zero attached hydrogens (tertiary/aromatic N) is 2. The van der Waals surface area contributed by atoms with Crippen molar-refractivity contribution in [2.24, 2.45) is 17.6 Å². The van der Waals surface area contributed by atoms with Gasteiger partial charge in [-0.05, 0) is 45.8 Å². The smallest absolute Gasteiger partial charge is 0.255 e. The zero-order valence-corrected chi connectivity index (χ0v) is 23.0. The molecule has 1 aromatic rings. The van der Waals surface area contributed by atoms with E-state index in [0.717, 1.165) is 0 Å². The number of amides is 1. The average molecular weight is 564 g/mol. The molecule has 0 bridgehead atoms. The largest absolute Gasteiger partial charge is 0.510 e. The number of carbonyl (C=O) groups excluding carboxylic acids is 3. The quantitative estimate of drug-likeness (QED) is 0.135. The predicted molar refractivity (Wildman–Crippen MR) is 143 cm³/mol. The lowest BCUT2D eigenvalue weighted by Gasteiger charge is -2.50. The van der Waals surface area contributed by atoms with E-state index in [2.05, 4.69) is 15.6 Å². The van der Waals surface area contributed by atoms with Crippen LogP contribution in [0.3, 0.4) is 0 Å². The fraction of sp³-hybridized carbons (Fsp3) is 0.538. The number of primary amides is 1. The van der Waals surface area contributed by atoms with Gasteiger partial charge in [0.25, 0.3) is 5.91 Å². The first-order chi connectivity index (χ1) is 18.2. The molecule has 8 N–H and O–H groups in total. The van der Waals surface area contributed by atoms with Gasteiger partial charge in [-0.2, -0.15) is 0 Å². The number of ketones is 2. The number of hydrogen-bond donors (Lipinski definition) is 7. The maximum atomic E-state index is 13.8. The molecule has 1 amide bonds. The Morgan fingerprint density at radius 2 is 1.90 bits per heavy atom. The Bertz CT molecular complexity index is 1310. The molecule has 0 saturated heterocycles. The number of fused-ring (bicyclic) bond motifs is 3. The van der Waals surface area contributed by atoms with Crippen molar-refractivity contribution in [1.82, 2.24) is 15.2 Å². The summed E-state index contributed by atoms with van der Waals surface area (Å²) in [6.45, 7) is 5.18. The van der Waals surface area contributed by atoms with Crippen LogP contribution in [0.4, 0.5) is 5.82 Å². The van der Waals surface area contributed by atoms with Gasteiger partial charge in [0, 0.05) is 29.6 Å². The molecule has 4 atom stereocenters. The molecule has 212 valence electrons. The zero-order chi connectivity index (χ0) is 29.0. The number of nitrogens with one attached hydrogen (secondary N) is 2. The molecule has 13 heteroatoms. The molecular formula is C26H34ClN5O7. The van der Waals surface area contributed by atoms with Gasteiger partial charge in [-0.1, -0.05) is 25.4 Å². The van der Waals surface area contributed by atoms with Gasteiger partial charge in [0.05, 0.1) is 11.6 Å². The average Bonchev–Trinajstić information content (AvgIpc) is 2.83. The molecule has 3 aliphatic rings. The van der Waals surface area contributed by atoms with Crippen LogP contribution >= 0.6 is 11.6 Å². The number of aromatic hydroxyl groups is 1. The number of aliphatic hydroxyl groups is 3. The molecule has 0 spiro atoms. The number of nitrogens with two attached hydrogens (primary N) is 1. The van der Waals surface area contributed by atoms with Gasteiger partial charge < -0.3 is 36.8 Å². The maximum absolute atomic E-state index is 13.8. The van der Waals surface area contributed by atoms with Crippen molar-refractivity contribution in [2.45, 2.75) is 50.8 Å². The summed E-state index contributed by atoms with van der Waals surface area (Å²) < 4.78 is 0. The molecule has 0 aliphatic heterocycles. The van der Waals surface area contributed by atoms with E-state index in [0.29, 0.717) is 25.6 Å². The van der Waals surface area contributed by atoms with Crippen LogP contribution in [0, 0.1) is 11.8 Å². The molecule has 0 radical (unpaired) electrons. The number of allylic oxidation sites excluding steroid dienone is 1. The van der Waals surface area contributed by atoms with E-state index in [-0.39, 0.29) is 40.5 Å². The molecular weight excluding hydrogens is 530 g/mol. The van der Waals surface area contributed by atoms with Crippen LogP contribution in [0.1, 0.15) is 42.6 Å². The van der Waals surface area contributed by atoms with Gasteiger partial charge in [0.15, 0.2) is 23.0 Å². The number of aliphatic hydroxyl groups excluding tert-OH is 2. The first-order valence-electron chi connectivity index (χ1n) is 12.8. The summed E-state index contributed by atoms with van der Waals surface area (Å²) in [5.41, 5.74) is 1.65. The van der Waals surface area contributed by atoms with Crippen molar-refractivity contribution in [1.29, 1.82) is 0 Å². The lowest BCUT2D eigenvalue weighted by atomic mass is 9.58. The summed E-state index contributed by atoms with van der Waals surface area (Å²) in [7, 11) is 3.14. The predicted octanol–water partition coefficient (Wildman–Crippen LogP) is 0.969. The second kappa shape index (κ2) is 10.4. The van der Waals surface area contributed by atoms with Crippen LogP contribution in [-0.2, 0) is 16.0 Å². The fourth-order valence-electron chi connectivity index (χ4n) is 5.97. The summed E-state index contributed by atoms with van der Waals surface area (Å²) in [4.78, 5) is 44.9. The highest BCUT2D eigenvalue weighted by molar-refractivity contribution is 6.32. The molecule has 39 heavy (non-hydrogen) atoms. The summed E-state index contributed by atoms with van der Waals surface area (Å²) in [6.07, 6.45) is 0.750. The van der Waals surface area contributed by atoms with Crippen molar-refractivity contribution in [2.75, 3.05) is 32.5 Å². The maximum Gasteiger partial charge on any atom is 0.255 e. The van der Waals surface area contributed by atoms with Gasteiger partial charge in [0.1, 0.15) is 22.2 Å². The third-order valence-electron chi connectivity index (χ3n) is 7.74. The number of halogens is 1. The van der Waals surface area contributed by atoms with E-state index in [1.54, 1.807) is 14.1 Å². The van der Waals surface area contributed by atoms with E-state index >= 15 is 0 Å². The Morgan fingerprint density at radius 1 is 1.23 bits per heavy atom. The molecule has 0 fully saturated rings. The van der Waals surface area contributed by atoms with Gasteiger partial charge in [-0.15, -0.1) is 0 Å². The highest BCUT2D eigenvalue weighted by Gasteiger charge is 2.63. The topological polar surface area (TPSA) is 198 Å². The minimum atomic E-state index is -2.69. The number of Topliss-reactive ketones (excluding diaryl/α,β-unsaturated/α-hetero) is 2. The highest BCUT2D eigenvalue weighted by Crippen LogP contribution is 2.53. The normalized spacial score (nSPS) is 26.6.